The molecule has 0 amide bonds. The van der Waals surface area contributed by atoms with Crippen molar-refractivity contribution in [2.75, 3.05) is 0 Å². The molecule has 0 fully saturated rings. The molecule has 3 aromatic carbocycles. The molecule has 0 atom stereocenters. The quantitative estimate of drug-likeness (QED) is 0.430. The Hall–Kier alpha value is -2.17. The zero-order valence-electron chi connectivity index (χ0n) is 14.3. The van der Waals surface area contributed by atoms with E-state index in [-0.39, 0.29) is 11.6 Å². The Kier molecular flexibility index (Phi) is 5.68. The number of hydrogen-bond acceptors (Lipinski definition) is 1. The van der Waals surface area contributed by atoms with E-state index >= 15 is 0 Å². The predicted octanol–water partition coefficient (Wildman–Crippen LogP) is 7.57. The van der Waals surface area contributed by atoms with Crippen LogP contribution in [0.2, 0.25) is 10.0 Å². The molecule has 3 rings (SSSR count). The molecule has 0 unspecified atom stereocenters. The normalized spacial score (nSPS) is 11.5. The number of alkyl halides is 3. The summed E-state index contributed by atoms with van der Waals surface area (Å²) in [6.07, 6.45) is -4.53. The van der Waals surface area contributed by atoms with Crippen LogP contribution >= 0.6 is 23.2 Å². The molecule has 0 saturated heterocycles. The van der Waals surface area contributed by atoms with Gasteiger partial charge >= 0.3 is 6.18 Å². The van der Waals surface area contributed by atoms with Gasteiger partial charge in [-0.1, -0.05) is 53.5 Å². The van der Waals surface area contributed by atoms with Gasteiger partial charge in [0, 0.05) is 10.6 Å². The molecule has 3 aromatic rings. The largest absolute Gasteiger partial charge is 0.488 e. The van der Waals surface area contributed by atoms with E-state index in [1.165, 1.54) is 6.07 Å². The third-order valence-electron chi connectivity index (χ3n) is 4.10. The molecule has 0 aliphatic rings. The van der Waals surface area contributed by atoms with E-state index in [9.17, 15) is 13.2 Å². The molecule has 0 heterocycles. The number of halogens is 5. The maximum Gasteiger partial charge on any atom is 0.417 e. The predicted molar refractivity (Wildman–Crippen MR) is 102 cm³/mol. The molecule has 0 radical (unpaired) electrons. The fourth-order valence-corrected chi connectivity index (χ4v) is 3.12. The number of hydrogen-bond donors (Lipinski definition) is 0. The maximum absolute atomic E-state index is 13.2. The van der Waals surface area contributed by atoms with Crippen LogP contribution in [0, 0.1) is 6.92 Å². The van der Waals surface area contributed by atoms with Gasteiger partial charge in [-0.25, -0.2) is 0 Å². The molecule has 0 spiro atoms. The first-order valence-corrected chi connectivity index (χ1v) is 8.85. The van der Waals surface area contributed by atoms with Gasteiger partial charge in [0.25, 0.3) is 0 Å². The molecule has 0 aromatic heterocycles. The summed E-state index contributed by atoms with van der Waals surface area (Å²) in [5.74, 6) is 0.500. The minimum Gasteiger partial charge on any atom is -0.488 e. The number of benzene rings is 3. The number of ether oxygens (including phenoxy) is 1. The number of rotatable bonds is 4. The molecule has 1 nitrogen and oxygen atoms in total. The van der Waals surface area contributed by atoms with Crippen LogP contribution in [0.25, 0.3) is 11.1 Å². The van der Waals surface area contributed by atoms with Crippen LogP contribution in [0.5, 0.6) is 5.75 Å². The van der Waals surface area contributed by atoms with Crippen LogP contribution in [0.15, 0.2) is 60.7 Å². The second kappa shape index (κ2) is 7.83. The van der Waals surface area contributed by atoms with Crippen molar-refractivity contribution in [1.29, 1.82) is 0 Å². The van der Waals surface area contributed by atoms with Crippen molar-refractivity contribution in [2.45, 2.75) is 19.7 Å². The van der Waals surface area contributed by atoms with Gasteiger partial charge in [-0.2, -0.15) is 13.2 Å². The minimum absolute atomic E-state index is 0.271. The summed E-state index contributed by atoms with van der Waals surface area (Å²) in [7, 11) is 0. The first-order chi connectivity index (χ1) is 12.8. The topological polar surface area (TPSA) is 9.23 Å². The standard InChI is InChI=1S/C21H15Cl2F3O/c1-13-3-2-4-19(27-12-14-5-8-16(22)9-6-14)20(13)15-7-10-18(23)17(11-15)21(24,25)26/h2-11H,12H2,1H3. The van der Waals surface area contributed by atoms with E-state index < -0.39 is 11.7 Å². The second-order valence-corrected chi connectivity index (χ2v) is 6.90. The Morgan fingerprint density at radius 2 is 1.63 bits per heavy atom. The highest BCUT2D eigenvalue weighted by molar-refractivity contribution is 6.31. The summed E-state index contributed by atoms with van der Waals surface area (Å²) in [5.41, 5.74) is 1.84. The highest BCUT2D eigenvalue weighted by Gasteiger charge is 2.33. The Morgan fingerprint density at radius 3 is 2.30 bits per heavy atom. The fourth-order valence-electron chi connectivity index (χ4n) is 2.77. The van der Waals surface area contributed by atoms with Crippen molar-refractivity contribution in [1.82, 2.24) is 0 Å². The lowest BCUT2D eigenvalue weighted by atomic mass is 9.97. The third-order valence-corrected chi connectivity index (χ3v) is 4.68. The average molecular weight is 411 g/mol. The molecular formula is C21H15Cl2F3O. The molecule has 0 aliphatic carbocycles. The lowest BCUT2D eigenvalue weighted by Gasteiger charge is -2.16. The molecule has 0 saturated carbocycles. The highest BCUT2D eigenvalue weighted by atomic mass is 35.5. The second-order valence-electron chi connectivity index (χ2n) is 6.06. The van der Waals surface area contributed by atoms with Crippen LogP contribution in [-0.4, -0.2) is 0 Å². The van der Waals surface area contributed by atoms with Crippen molar-refractivity contribution in [3.63, 3.8) is 0 Å². The van der Waals surface area contributed by atoms with Crippen molar-refractivity contribution in [2.24, 2.45) is 0 Å². The van der Waals surface area contributed by atoms with Gasteiger partial charge in [-0.05, 0) is 53.9 Å². The van der Waals surface area contributed by atoms with E-state index in [0.29, 0.717) is 21.9 Å². The van der Waals surface area contributed by atoms with Crippen LogP contribution in [0.3, 0.4) is 0 Å². The van der Waals surface area contributed by atoms with Gasteiger partial charge in [0.2, 0.25) is 0 Å². The first-order valence-electron chi connectivity index (χ1n) is 8.09. The molecular weight excluding hydrogens is 396 g/mol. The Bertz CT molecular complexity index is 951. The SMILES string of the molecule is Cc1cccc(OCc2ccc(Cl)cc2)c1-c1ccc(Cl)c(C(F)(F)F)c1. The average Bonchev–Trinajstić information content (AvgIpc) is 2.61. The zero-order valence-corrected chi connectivity index (χ0v) is 15.8. The van der Waals surface area contributed by atoms with Crippen molar-refractivity contribution in [3.05, 3.63) is 87.4 Å². The third kappa shape index (κ3) is 4.57. The zero-order chi connectivity index (χ0) is 19.6. The number of aryl methyl sites for hydroxylation is 1. The monoisotopic (exact) mass is 410 g/mol. The van der Waals surface area contributed by atoms with E-state index in [1.807, 2.05) is 25.1 Å². The summed E-state index contributed by atoms with van der Waals surface area (Å²) >= 11 is 11.6. The molecule has 0 bridgehead atoms. The highest BCUT2D eigenvalue weighted by Crippen LogP contribution is 2.40. The van der Waals surface area contributed by atoms with Gasteiger partial charge in [0.05, 0.1) is 10.6 Å². The molecule has 27 heavy (non-hydrogen) atoms. The van der Waals surface area contributed by atoms with Gasteiger partial charge in [0.15, 0.2) is 0 Å². The first kappa shape index (κ1) is 19.6. The van der Waals surface area contributed by atoms with Crippen LogP contribution in [-0.2, 0) is 12.8 Å². The smallest absolute Gasteiger partial charge is 0.417 e. The summed E-state index contributed by atoms with van der Waals surface area (Å²) in [5, 5.41) is 0.291. The summed E-state index contributed by atoms with van der Waals surface area (Å²) in [4.78, 5) is 0. The molecule has 6 heteroatoms. The fraction of sp³-hybridized carbons (Fsp3) is 0.143. The lowest BCUT2D eigenvalue weighted by Crippen LogP contribution is -2.06. The summed E-state index contributed by atoms with van der Waals surface area (Å²) < 4.78 is 45.6. The van der Waals surface area contributed by atoms with Gasteiger partial charge in [-0.3, -0.25) is 0 Å². The van der Waals surface area contributed by atoms with Crippen molar-refractivity contribution in [3.8, 4) is 16.9 Å². The molecule has 0 N–H and O–H groups in total. The van der Waals surface area contributed by atoms with E-state index in [0.717, 1.165) is 17.2 Å². The van der Waals surface area contributed by atoms with E-state index in [2.05, 4.69) is 0 Å². The maximum atomic E-state index is 13.2. The summed E-state index contributed by atoms with van der Waals surface area (Å²) in [6, 6.07) is 16.4. The van der Waals surface area contributed by atoms with E-state index in [1.54, 1.807) is 30.3 Å². The van der Waals surface area contributed by atoms with Gasteiger partial charge < -0.3 is 4.74 Å². The lowest BCUT2D eigenvalue weighted by molar-refractivity contribution is -0.137. The molecule has 140 valence electrons. The Labute approximate surface area is 165 Å². The van der Waals surface area contributed by atoms with Gasteiger partial charge in [-0.15, -0.1) is 0 Å². The Morgan fingerprint density at radius 1 is 0.926 bits per heavy atom. The van der Waals surface area contributed by atoms with Gasteiger partial charge in [0.1, 0.15) is 12.4 Å². The van der Waals surface area contributed by atoms with Crippen LogP contribution in [0.1, 0.15) is 16.7 Å². The van der Waals surface area contributed by atoms with Crippen molar-refractivity contribution < 1.29 is 17.9 Å². The van der Waals surface area contributed by atoms with Crippen LogP contribution in [0.4, 0.5) is 13.2 Å². The Balaban J connectivity index is 1.98. The van der Waals surface area contributed by atoms with Crippen LogP contribution < -0.4 is 4.74 Å². The molecule has 0 aliphatic heterocycles. The minimum atomic E-state index is -4.53. The van der Waals surface area contributed by atoms with E-state index in [4.69, 9.17) is 27.9 Å². The summed E-state index contributed by atoms with van der Waals surface area (Å²) in [6.45, 7) is 2.10. The van der Waals surface area contributed by atoms with Crippen molar-refractivity contribution >= 4 is 23.2 Å².